The van der Waals surface area contributed by atoms with Gasteiger partial charge in [-0.2, -0.15) is 8.78 Å². The first-order valence-electron chi connectivity index (χ1n) is 7.97. The lowest BCUT2D eigenvalue weighted by Gasteiger charge is -2.16. The fourth-order valence-corrected chi connectivity index (χ4v) is 2.37. The molecular weight excluding hydrogens is 360 g/mol. The molecule has 0 radical (unpaired) electrons. The number of hydrogen-bond donors (Lipinski definition) is 1. The number of benzene rings is 2. The number of hydrogen-bond acceptors (Lipinski definition) is 5. The molecule has 3 aromatic rings. The van der Waals surface area contributed by atoms with Crippen LogP contribution in [0.3, 0.4) is 0 Å². The SMILES string of the molecule is CC(Oc1ccc2ccc(=O)oc2c1)C(=O)Nc1ccccc1OC(F)F. The number of para-hydroxylation sites is 2. The third kappa shape index (κ3) is 4.60. The van der Waals surface area contributed by atoms with Crippen molar-refractivity contribution in [3.8, 4) is 11.5 Å². The van der Waals surface area contributed by atoms with Crippen LogP contribution in [0.25, 0.3) is 11.0 Å². The predicted molar refractivity (Wildman–Crippen MR) is 94.3 cm³/mol. The summed E-state index contributed by atoms with van der Waals surface area (Å²) in [5.41, 5.74) is -0.0767. The number of carbonyl (C=O) groups is 1. The summed E-state index contributed by atoms with van der Waals surface area (Å²) in [7, 11) is 0. The van der Waals surface area contributed by atoms with E-state index in [1.54, 1.807) is 24.3 Å². The molecule has 0 saturated heterocycles. The van der Waals surface area contributed by atoms with Crippen molar-refractivity contribution < 1.29 is 27.5 Å². The Bertz CT molecular complexity index is 1020. The van der Waals surface area contributed by atoms with E-state index in [0.717, 1.165) is 0 Å². The quantitative estimate of drug-likeness (QED) is 0.663. The Kier molecular flexibility index (Phi) is 5.35. The van der Waals surface area contributed by atoms with Crippen LogP contribution in [0.4, 0.5) is 14.5 Å². The lowest BCUT2D eigenvalue weighted by atomic mass is 10.2. The molecule has 1 unspecified atom stereocenters. The first kappa shape index (κ1) is 18.4. The molecule has 2 aromatic carbocycles. The van der Waals surface area contributed by atoms with Crippen LogP contribution in [0.2, 0.25) is 0 Å². The number of carbonyl (C=O) groups excluding carboxylic acids is 1. The largest absolute Gasteiger partial charge is 0.481 e. The minimum atomic E-state index is -3.01. The summed E-state index contributed by atoms with van der Waals surface area (Å²) in [6.45, 7) is -1.51. The van der Waals surface area contributed by atoms with Gasteiger partial charge < -0.3 is 19.2 Å². The van der Waals surface area contributed by atoms with Crippen LogP contribution in [-0.4, -0.2) is 18.6 Å². The van der Waals surface area contributed by atoms with E-state index in [2.05, 4.69) is 10.1 Å². The number of alkyl halides is 2. The molecule has 8 heteroatoms. The minimum Gasteiger partial charge on any atom is -0.481 e. The number of anilines is 1. The fourth-order valence-electron chi connectivity index (χ4n) is 2.37. The molecule has 6 nitrogen and oxygen atoms in total. The van der Waals surface area contributed by atoms with Gasteiger partial charge in [-0.3, -0.25) is 4.79 Å². The van der Waals surface area contributed by atoms with Crippen molar-refractivity contribution in [1.29, 1.82) is 0 Å². The van der Waals surface area contributed by atoms with Gasteiger partial charge in [-0.1, -0.05) is 12.1 Å². The van der Waals surface area contributed by atoms with Gasteiger partial charge in [-0.15, -0.1) is 0 Å². The lowest BCUT2D eigenvalue weighted by molar-refractivity contribution is -0.122. The first-order valence-corrected chi connectivity index (χ1v) is 7.97. The molecule has 1 amide bonds. The highest BCUT2D eigenvalue weighted by Crippen LogP contribution is 2.26. The van der Waals surface area contributed by atoms with Crippen LogP contribution in [0.15, 0.2) is 63.8 Å². The van der Waals surface area contributed by atoms with Gasteiger partial charge in [-0.05, 0) is 37.3 Å². The maximum atomic E-state index is 12.4. The number of rotatable bonds is 6. The van der Waals surface area contributed by atoms with Crippen molar-refractivity contribution in [3.05, 3.63) is 65.0 Å². The number of halogens is 2. The number of amides is 1. The van der Waals surface area contributed by atoms with Crippen LogP contribution in [-0.2, 0) is 4.79 Å². The summed E-state index contributed by atoms with van der Waals surface area (Å²) in [5, 5.41) is 3.19. The van der Waals surface area contributed by atoms with Gasteiger partial charge in [0.25, 0.3) is 5.91 Å². The van der Waals surface area contributed by atoms with E-state index in [1.165, 1.54) is 37.3 Å². The number of ether oxygens (including phenoxy) is 2. The molecule has 1 atom stereocenters. The van der Waals surface area contributed by atoms with Gasteiger partial charge in [0.2, 0.25) is 0 Å². The third-order valence-corrected chi connectivity index (χ3v) is 3.64. The zero-order chi connectivity index (χ0) is 19.4. The molecule has 1 aromatic heterocycles. The molecule has 0 fully saturated rings. The van der Waals surface area contributed by atoms with Crippen molar-refractivity contribution in [2.75, 3.05) is 5.32 Å². The second kappa shape index (κ2) is 7.86. The van der Waals surface area contributed by atoms with Crippen molar-refractivity contribution in [1.82, 2.24) is 0 Å². The monoisotopic (exact) mass is 375 g/mol. The second-order valence-corrected chi connectivity index (χ2v) is 5.58. The van der Waals surface area contributed by atoms with Gasteiger partial charge in [0.05, 0.1) is 5.69 Å². The Morgan fingerprint density at radius 2 is 1.81 bits per heavy atom. The Morgan fingerprint density at radius 3 is 2.59 bits per heavy atom. The summed E-state index contributed by atoms with van der Waals surface area (Å²) >= 11 is 0. The van der Waals surface area contributed by atoms with Crippen molar-refractivity contribution in [2.45, 2.75) is 19.6 Å². The van der Waals surface area contributed by atoms with Gasteiger partial charge in [0.1, 0.15) is 17.1 Å². The summed E-state index contributed by atoms with van der Waals surface area (Å²) in [6.07, 6.45) is -0.947. The van der Waals surface area contributed by atoms with E-state index in [1.807, 2.05) is 0 Å². The predicted octanol–water partition coefficient (Wildman–Crippen LogP) is 3.80. The van der Waals surface area contributed by atoms with E-state index < -0.39 is 24.2 Å². The third-order valence-electron chi connectivity index (χ3n) is 3.64. The van der Waals surface area contributed by atoms with Gasteiger partial charge in [-0.25, -0.2) is 4.79 Å². The Morgan fingerprint density at radius 1 is 1.07 bits per heavy atom. The fraction of sp³-hybridized carbons (Fsp3) is 0.158. The van der Waals surface area contributed by atoms with E-state index >= 15 is 0 Å². The molecule has 1 N–H and O–H groups in total. The van der Waals surface area contributed by atoms with Crippen molar-refractivity contribution in [2.24, 2.45) is 0 Å². The second-order valence-electron chi connectivity index (χ2n) is 5.58. The molecule has 0 saturated carbocycles. The normalized spacial score (nSPS) is 12.0. The standard InChI is InChI=1S/C19H15F2NO5/c1-11(18(24)22-14-4-2-3-5-15(14)27-19(20)21)25-13-8-6-12-7-9-17(23)26-16(12)10-13/h2-11,19H,1H3,(H,22,24). The summed E-state index contributed by atoms with van der Waals surface area (Å²) in [6, 6.07) is 13.6. The molecule has 27 heavy (non-hydrogen) atoms. The molecule has 0 aliphatic carbocycles. The molecular formula is C19H15F2NO5. The zero-order valence-corrected chi connectivity index (χ0v) is 14.1. The average Bonchev–Trinajstić information content (AvgIpc) is 2.62. The maximum absolute atomic E-state index is 12.4. The maximum Gasteiger partial charge on any atom is 0.387 e. The Hall–Kier alpha value is -3.42. The molecule has 3 rings (SSSR count). The molecule has 0 aliphatic heterocycles. The summed E-state index contributed by atoms with van der Waals surface area (Å²) < 4.78 is 39.9. The van der Waals surface area contributed by atoms with Crippen LogP contribution >= 0.6 is 0 Å². The highest BCUT2D eigenvalue weighted by molar-refractivity contribution is 5.95. The minimum absolute atomic E-state index is 0.0998. The summed E-state index contributed by atoms with van der Waals surface area (Å²) in [5.74, 6) is -0.396. The van der Waals surface area contributed by atoms with Crippen LogP contribution in [0.5, 0.6) is 11.5 Å². The van der Waals surface area contributed by atoms with Gasteiger partial charge in [0, 0.05) is 17.5 Å². The smallest absolute Gasteiger partial charge is 0.387 e. The molecule has 0 aliphatic rings. The molecule has 1 heterocycles. The van der Waals surface area contributed by atoms with Gasteiger partial charge >= 0.3 is 12.2 Å². The van der Waals surface area contributed by atoms with Crippen molar-refractivity contribution >= 4 is 22.6 Å². The molecule has 0 bridgehead atoms. The topological polar surface area (TPSA) is 77.8 Å². The Balaban J connectivity index is 1.72. The first-order chi connectivity index (χ1) is 12.9. The van der Waals surface area contributed by atoms with Crippen LogP contribution < -0.4 is 20.4 Å². The number of nitrogens with one attached hydrogen (secondary N) is 1. The average molecular weight is 375 g/mol. The highest BCUT2D eigenvalue weighted by Gasteiger charge is 2.18. The van der Waals surface area contributed by atoms with Crippen LogP contribution in [0, 0.1) is 0 Å². The lowest BCUT2D eigenvalue weighted by Crippen LogP contribution is -2.30. The zero-order valence-electron chi connectivity index (χ0n) is 14.1. The highest BCUT2D eigenvalue weighted by atomic mass is 19.3. The van der Waals surface area contributed by atoms with Gasteiger partial charge in [0.15, 0.2) is 6.10 Å². The van der Waals surface area contributed by atoms with Crippen LogP contribution in [0.1, 0.15) is 6.92 Å². The summed E-state index contributed by atoms with van der Waals surface area (Å²) in [4.78, 5) is 23.6. The molecule has 140 valence electrons. The Labute approximate surface area is 152 Å². The van der Waals surface area contributed by atoms with E-state index in [9.17, 15) is 18.4 Å². The molecule has 0 spiro atoms. The van der Waals surface area contributed by atoms with Crippen molar-refractivity contribution in [3.63, 3.8) is 0 Å². The van der Waals surface area contributed by atoms with E-state index in [4.69, 9.17) is 9.15 Å². The number of fused-ring (bicyclic) bond motifs is 1. The van der Waals surface area contributed by atoms with E-state index in [-0.39, 0.29) is 11.4 Å². The van der Waals surface area contributed by atoms with E-state index in [0.29, 0.717) is 16.7 Å².